The Kier molecular flexibility index (Phi) is 4.68. The van der Waals surface area contributed by atoms with Crippen molar-refractivity contribution >= 4 is 5.91 Å². The topological polar surface area (TPSA) is 32.3 Å². The third-order valence-corrected chi connectivity index (χ3v) is 3.17. The molecule has 0 aliphatic heterocycles. The van der Waals surface area contributed by atoms with Gasteiger partial charge in [0, 0.05) is 24.7 Å². The van der Waals surface area contributed by atoms with E-state index in [0.717, 1.165) is 12.8 Å². The fraction of sp³-hybridized carbons (Fsp3) is 0.400. The predicted octanol–water partition coefficient (Wildman–Crippen LogP) is 2.09. The summed E-state index contributed by atoms with van der Waals surface area (Å²) in [6.07, 6.45) is 3.74. The quantitative estimate of drug-likeness (QED) is 0.603. The Balaban J connectivity index is 1.98. The first-order chi connectivity index (χ1) is 9.22. The number of amides is 1. The lowest BCUT2D eigenvalue weighted by molar-refractivity contribution is -0.131. The summed E-state index contributed by atoms with van der Waals surface area (Å²) in [7, 11) is 0. The van der Waals surface area contributed by atoms with E-state index < -0.39 is 0 Å². The van der Waals surface area contributed by atoms with E-state index in [0.29, 0.717) is 18.7 Å². The minimum absolute atomic E-state index is 0.0209. The van der Waals surface area contributed by atoms with Crippen LogP contribution in [-0.2, 0) is 11.3 Å². The standard InChI is InChI=1S/C15H19FN2O/c1-2-9-17-10-15(19)18(13-7-8-13)11-12-5-3-4-6-14(12)16/h2-6,13,17H,1,7-11H2. The molecule has 0 bridgehead atoms. The van der Waals surface area contributed by atoms with Gasteiger partial charge < -0.3 is 10.2 Å². The Bertz CT molecular complexity index is 457. The normalized spacial score (nSPS) is 14.2. The van der Waals surface area contributed by atoms with E-state index in [4.69, 9.17) is 0 Å². The van der Waals surface area contributed by atoms with Gasteiger partial charge in [-0.25, -0.2) is 4.39 Å². The molecule has 0 heterocycles. The lowest BCUT2D eigenvalue weighted by Gasteiger charge is -2.23. The fourth-order valence-electron chi connectivity index (χ4n) is 2.00. The number of nitrogens with zero attached hydrogens (tertiary/aromatic N) is 1. The Labute approximate surface area is 113 Å². The molecule has 1 fully saturated rings. The van der Waals surface area contributed by atoms with Crippen molar-refractivity contribution in [3.8, 4) is 0 Å². The lowest BCUT2D eigenvalue weighted by Crippen LogP contribution is -2.39. The summed E-state index contributed by atoms with van der Waals surface area (Å²) in [5.41, 5.74) is 0.575. The van der Waals surface area contributed by atoms with Crippen LogP contribution in [0.1, 0.15) is 18.4 Å². The van der Waals surface area contributed by atoms with Gasteiger partial charge in [0.05, 0.1) is 6.54 Å². The van der Waals surface area contributed by atoms with Crippen molar-refractivity contribution in [2.75, 3.05) is 13.1 Å². The fourth-order valence-corrected chi connectivity index (χ4v) is 2.00. The van der Waals surface area contributed by atoms with Gasteiger partial charge in [-0.05, 0) is 18.9 Å². The van der Waals surface area contributed by atoms with Gasteiger partial charge in [-0.1, -0.05) is 24.3 Å². The highest BCUT2D eigenvalue weighted by atomic mass is 19.1. The predicted molar refractivity (Wildman–Crippen MR) is 73.0 cm³/mol. The smallest absolute Gasteiger partial charge is 0.237 e. The molecule has 2 rings (SSSR count). The molecule has 1 saturated carbocycles. The van der Waals surface area contributed by atoms with Crippen LogP contribution in [0, 0.1) is 5.82 Å². The number of hydrogen-bond donors (Lipinski definition) is 1. The van der Waals surface area contributed by atoms with Gasteiger partial charge in [-0.3, -0.25) is 4.79 Å². The third kappa shape index (κ3) is 3.89. The zero-order valence-corrected chi connectivity index (χ0v) is 10.9. The van der Waals surface area contributed by atoms with Gasteiger partial charge >= 0.3 is 0 Å². The molecular weight excluding hydrogens is 243 g/mol. The number of carbonyl (C=O) groups is 1. The first-order valence-electron chi connectivity index (χ1n) is 6.57. The van der Waals surface area contributed by atoms with Gasteiger partial charge in [0.2, 0.25) is 5.91 Å². The summed E-state index contributed by atoms with van der Waals surface area (Å²) in [6.45, 7) is 4.82. The van der Waals surface area contributed by atoms with E-state index >= 15 is 0 Å². The van der Waals surface area contributed by atoms with Crippen LogP contribution in [0.2, 0.25) is 0 Å². The van der Waals surface area contributed by atoms with Crippen molar-refractivity contribution in [2.45, 2.75) is 25.4 Å². The van der Waals surface area contributed by atoms with Gasteiger partial charge in [0.15, 0.2) is 0 Å². The maximum atomic E-state index is 13.6. The van der Waals surface area contributed by atoms with E-state index in [1.807, 2.05) is 0 Å². The van der Waals surface area contributed by atoms with Crippen molar-refractivity contribution in [3.63, 3.8) is 0 Å². The highest BCUT2D eigenvalue weighted by molar-refractivity contribution is 5.79. The molecule has 1 N–H and O–H groups in total. The van der Waals surface area contributed by atoms with Crippen LogP contribution >= 0.6 is 0 Å². The SMILES string of the molecule is C=CCNCC(=O)N(Cc1ccccc1F)C1CC1. The Morgan fingerprint density at radius 1 is 1.47 bits per heavy atom. The summed E-state index contributed by atoms with van der Waals surface area (Å²) in [5.74, 6) is -0.229. The molecule has 1 amide bonds. The molecule has 3 nitrogen and oxygen atoms in total. The molecule has 1 aliphatic carbocycles. The summed E-state index contributed by atoms with van der Waals surface area (Å²) < 4.78 is 13.6. The van der Waals surface area contributed by atoms with Crippen LogP contribution in [0.15, 0.2) is 36.9 Å². The average molecular weight is 262 g/mol. The molecule has 1 aromatic carbocycles. The maximum absolute atomic E-state index is 13.6. The molecule has 0 aromatic heterocycles. The second kappa shape index (κ2) is 6.48. The molecule has 19 heavy (non-hydrogen) atoms. The van der Waals surface area contributed by atoms with Gasteiger partial charge in [-0.15, -0.1) is 6.58 Å². The van der Waals surface area contributed by atoms with Crippen molar-refractivity contribution in [1.82, 2.24) is 10.2 Å². The van der Waals surface area contributed by atoms with E-state index in [1.54, 1.807) is 29.2 Å². The number of hydrogen-bond acceptors (Lipinski definition) is 2. The van der Waals surface area contributed by atoms with E-state index in [-0.39, 0.29) is 24.3 Å². The molecule has 0 unspecified atom stereocenters. The average Bonchev–Trinajstić information content (AvgIpc) is 3.22. The lowest BCUT2D eigenvalue weighted by atomic mass is 10.2. The summed E-state index contributed by atoms with van der Waals surface area (Å²) in [4.78, 5) is 13.9. The molecule has 4 heteroatoms. The van der Waals surface area contributed by atoms with Gasteiger partial charge in [0.25, 0.3) is 0 Å². The van der Waals surface area contributed by atoms with Crippen LogP contribution in [0.25, 0.3) is 0 Å². The summed E-state index contributed by atoms with van der Waals surface area (Å²) >= 11 is 0. The van der Waals surface area contributed by atoms with Crippen molar-refractivity contribution in [2.24, 2.45) is 0 Å². The molecule has 1 aromatic rings. The molecule has 0 saturated heterocycles. The highest BCUT2D eigenvalue weighted by Gasteiger charge is 2.32. The second-order valence-electron chi connectivity index (χ2n) is 4.76. The molecule has 0 spiro atoms. The molecule has 1 aliphatic rings. The highest BCUT2D eigenvalue weighted by Crippen LogP contribution is 2.28. The first kappa shape index (κ1) is 13.7. The zero-order chi connectivity index (χ0) is 13.7. The largest absolute Gasteiger partial charge is 0.334 e. The number of rotatable bonds is 7. The van der Waals surface area contributed by atoms with E-state index in [2.05, 4.69) is 11.9 Å². The molecular formula is C15H19FN2O. The maximum Gasteiger partial charge on any atom is 0.237 e. The van der Waals surface area contributed by atoms with Crippen molar-refractivity contribution < 1.29 is 9.18 Å². The first-order valence-corrected chi connectivity index (χ1v) is 6.57. The monoisotopic (exact) mass is 262 g/mol. The Morgan fingerprint density at radius 2 is 2.21 bits per heavy atom. The van der Waals surface area contributed by atoms with Gasteiger partial charge in [-0.2, -0.15) is 0 Å². The van der Waals surface area contributed by atoms with Crippen LogP contribution < -0.4 is 5.32 Å². The van der Waals surface area contributed by atoms with Crippen LogP contribution in [0.5, 0.6) is 0 Å². The molecule has 102 valence electrons. The Hall–Kier alpha value is -1.68. The minimum Gasteiger partial charge on any atom is -0.334 e. The number of benzene rings is 1. The van der Waals surface area contributed by atoms with E-state index in [1.165, 1.54) is 6.07 Å². The number of halogens is 1. The van der Waals surface area contributed by atoms with Crippen LogP contribution in [0.4, 0.5) is 4.39 Å². The van der Waals surface area contributed by atoms with Gasteiger partial charge in [0.1, 0.15) is 5.82 Å². The summed E-state index contributed by atoms with van der Waals surface area (Å²) in [6, 6.07) is 6.89. The second-order valence-corrected chi connectivity index (χ2v) is 4.76. The van der Waals surface area contributed by atoms with E-state index in [9.17, 15) is 9.18 Å². The third-order valence-electron chi connectivity index (χ3n) is 3.17. The van der Waals surface area contributed by atoms with Crippen molar-refractivity contribution in [3.05, 3.63) is 48.3 Å². The number of nitrogens with one attached hydrogen (secondary N) is 1. The van der Waals surface area contributed by atoms with Crippen molar-refractivity contribution in [1.29, 1.82) is 0 Å². The minimum atomic E-state index is -0.250. The van der Waals surface area contributed by atoms with Crippen LogP contribution in [-0.4, -0.2) is 29.9 Å². The summed E-state index contributed by atoms with van der Waals surface area (Å²) in [5, 5.41) is 3.00. The Morgan fingerprint density at radius 3 is 2.84 bits per heavy atom. The zero-order valence-electron chi connectivity index (χ0n) is 10.9. The van der Waals surface area contributed by atoms with Crippen LogP contribution in [0.3, 0.4) is 0 Å². The number of carbonyl (C=O) groups excluding carboxylic acids is 1. The molecule has 0 radical (unpaired) electrons. The molecule has 0 atom stereocenters.